The number of ketones is 2. The van der Waals surface area contributed by atoms with Crippen molar-refractivity contribution in [3.05, 3.63) is 23.3 Å². The fourth-order valence-corrected chi connectivity index (χ4v) is 9.45. The summed E-state index contributed by atoms with van der Waals surface area (Å²) in [4.78, 5) is 51.4. The Morgan fingerprint density at radius 1 is 1.11 bits per heavy atom. The van der Waals surface area contributed by atoms with Gasteiger partial charge in [0.15, 0.2) is 12.4 Å². The van der Waals surface area contributed by atoms with Crippen LogP contribution in [0.5, 0.6) is 0 Å². The molecule has 11 nitrogen and oxygen atoms in total. The van der Waals surface area contributed by atoms with Crippen LogP contribution in [0.15, 0.2) is 23.3 Å². The number of hydrogen-bond acceptors (Lipinski definition) is 9. The number of aliphatic hydroxyl groups excluding tert-OH is 1. The number of rotatable bonds is 13. The molecule has 0 aromatic heterocycles. The zero-order valence-electron chi connectivity index (χ0n) is 26.9. The predicted octanol–water partition coefficient (Wildman–Crippen LogP) is 3.19. The van der Waals surface area contributed by atoms with Crippen molar-refractivity contribution in [1.82, 2.24) is 4.90 Å². The van der Waals surface area contributed by atoms with Gasteiger partial charge < -0.3 is 19.8 Å². The molecule has 4 aliphatic carbocycles. The summed E-state index contributed by atoms with van der Waals surface area (Å²) in [6, 6.07) is 0. The van der Waals surface area contributed by atoms with E-state index in [1.54, 1.807) is 6.08 Å². The highest BCUT2D eigenvalue weighted by Crippen LogP contribution is 2.67. The topological polar surface area (TPSA) is 176 Å². The number of Topliss-reactive ketones (excluding diaryl/α,β-unsaturated/α-hetero) is 1. The normalized spacial score (nSPS) is 34.2. The zero-order valence-corrected chi connectivity index (χ0v) is 27.7. The van der Waals surface area contributed by atoms with Crippen LogP contribution in [-0.4, -0.2) is 89.2 Å². The summed E-state index contributed by atoms with van der Waals surface area (Å²) in [6.45, 7) is 5.42. The standard InChI is InChI=1S/C33H49NO10S/c1-21-17-23-24-12-14-33(40,32(24,3)19-26(36)30(23)31(2)13-11-22(35)18-25(21)31)27(37)20-44-29(39)10-8-6-5-7-9-28(38)34(4)15-16-45(41,42)43/h11,13,23-24,26,30,36,40H,5-10,12,14-20H2,1-4H3,(H,41,42,43)/t23-,24-,26-,30+,31-,32-,33-/m0/s1. The minimum atomic E-state index is -4.13. The number of nitrogens with zero attached hydrogens (tertiary/aromatic N) is 1. The minimum absolute atomic E-state index is 0.00992. The van der Waals surface area contributed by atoms with Crippen LogP contribution in [0.25, 0.3) is 0 Å². The van der Waals surface area contributed by atoms with E-state index in [-0.39, 0.29) is 61.7 Å². The van der Waals surface area contributed by atoms with Crippen molar-refractivity contribution in [2.75, 3.05) is 26.0 Å². The van der Waals surface area contributed by atoms with Gasteiger partial charge in [0.25, 0.3) is 10.1 Å². The average Bonchev–Trinajstić information content (AvgIpc) is 3.23. The van der Waals surface area contributed by atoms with Gasteiger partial charge in [-0.25, -0.2) is 0 Å². The van der Waals surface area contributed by atoms with Crippen LogP contribution in [0.2, 0.25) is 0 Å². The van der Waals surface area contributed by atoms with E-state index in [4.69, 9.17) is 9.29 Å². The smallest absolute Gasteiger partial charge is 0.306 e. The Kier molecular flexibility index (Phi) is 10.5. The average molecular weight is 652 g/mol. The van der Waals surface area contributed by atoms with Gasteiger partial charge in [-0.2, -0.15) is 8.42 Å². The van der Waals surface area contributed by atoms with Gasteiger partial charge >= 0.3 is 5.97 Å². The number of aliphatic hydroxyl groups is 2. The van der Waals surface area contributed by atoms with E-state index in [9.17, 15) is 37.8 Å². The van der Waals surface area contributed by atoms with Crippen LogP contribution in [0.1, 0.15) is 91.4 Å². The second kappa shape index (κ2) is 13.4. The van der Waals surface area contributed by atoms with Crippen LogP contribution >= 0.6 is 0 Å². The van der Waals surface area contributed by atoms with E-state index < -0.39 is 56.8 Å². The first kappa shape index (κ1) is 35.4. The molecule has 12 heteroatoms. The number of hydrogen-bond donors (Lipinski definition) is 3. The summed E-state index contributed by atoms with van der Waals surface area (Å²) in [5.74, 6) is -1.83. The van der Waals surface area contributed by atoms with Crippen molar-refractivity contribution in [3.8, 4) is 0 Å². The molecule has 4 aliphatic rings. The Morgan fingerprint density at radius 3 is 2.44 bits per heavy atom. The molecule has 0 unspecified atom stereocenters. The molecule has 0 aliphatic heterocycles. The van der Waals surface area contributed by atoms with Gasteiger partial charge in [-0.3, -0.25) is 23.7 Å². The van der Waals surface area contributed by atoms with E-state index in [0.717, 1.165) is 11.1 Å². The van der Waals surface area contributed by atoms with Crippen molar-refractivity contribution in [2.45, 2.75) is 103 Å². The second-order valence-electron chi connectivity index (χ2n) is 14.2. The molecular weight excluding hydrogens is 602 g/mol. The summed E-state index contributed by atoms with van der Waals surface area (Å²) < 4.78 is 35.8. The number of allylic oxidation sites excluding steroid dienone is 4. The summed E-state index contributed by atoms with van der Waals surface area (Å²) in [7, 11) is -2.66. The third-order valence-electron chi connectivity index (χ3n) is 11.4. The fraction of sp³-hybridized carbons (Fsp3) is 0.758. The van der Waals surface area contributed by atoms with Crippen molar-refractivity contribution in [2.24, 2.45) is 28.6 Å². The molecule has 0 bridgehead atoms. The molecule has 2 fully saturated rings. The highest BCUT2D eigenvalue weighted by molar-refractivity contribution is 7.85. The monoisotopic (exact) mass is 651 g/mol. The molecule has 252 valence electrons. The molecule has 2 saturated carbocycles. The third kappa shape index (κ3) is 7.13. The van der Waals surface area contributed by atoms with E-state index in [1.807, 2.05) is 13.0 Å². The van der Waals surface area contributed by atoms with Crippen molar-refractivity contribution >= 4 is 33.6 Å². The number of esters is 1. The van der Waals surface area contributed by atoms with Crippen molar-refractivity contribution in [3.63, 3.8) is 0 Å². The molecule has 1 amide bonds. The maximum absolute atomic E-state index is 13.5. The number of unbranched alkanes of at least 4 members (excludes halogenated alkanes) is 3. The van der Waals surface area contributed by atoms with Crippen LogP contribution in [0, 0.1) is 28.6 Å². The van der Waals surface area contributed by atoms with Gasteiger partial charge in [0.1, 0.15) is 5.60 Å². The number of carbonyl (C=O) groups excluding carboxylic acids is 4. The molecule has 7 atom stereocenters. The van der Waals surface area contributed by atoms with Gasteiger partial charge in [0.2, 0.25) is 11.7 Å². The van der Waals surface area contributed by atoms with E-state index in [0.29, 0.717) is 44.9 Å². The number of ether oxygens (including phenoxy) is 1. The Bertz CT molecular complexity index is 1370. The van der Waals surface area contributed by atoms with Gasteiger partial charge in [-0.05, 0) is 63.4 Å². The molecule has 0 radical (unpaired) electrons. The molecular formula is C33H49NO10S. The Balaban J connectivity index is 1.25. The lowest BCUT2D eigenvalue weighted by molar-refractivity contribution is -0.180. The van der Waals surface area contributed by atoms with Gasteiger partial charge in [-0.15, -0.1) is 0 Å². The fourth-order valence-electron chi connectivity index (χ4n) is 8.95. The first-order valence-electron chi connectivity index (χ1n) is 16.1. The Morgan fingerprint density at radius 2 is 1.78 bits per heavy atom. The third-order valence-corrected chi connectivity index (χ3v) is 12.1. The Hall–Kier alpha value is -2.41. The van der Waals surface area contributed by atoms with Gasteiger partial charge in [0.05, 0.1) is 11.9 Å². The molecule has 0 saturated heterocycles. The quantitative estimate of drug-likeness (QED) is 0.116. The SMILES string of the molecule is CC1=C2CC(=O)C=C[C@]2(C)[C@@H]2[C@@H](C1)[C@@H]1CC[C@](O)(C(=O)COC(=O)CCCCCCC(=O)N(C)CCS(=O)(=O)O)[C@@]1(C)C[C@@H]2O. The highest BCUT2D eigenvalue weighted by Gasteiger charge is 2.68. The molecule has 3 N–H and O–H groups in total. The molecule has 0 aromatic carbocycles. The first-order valence-corrected chi connectivity index (χ1v) is 17.7. The lowest BCUT2D eigenvalue weighted by Crippen LogP contribution is -2.61. The van der Waals surface area contributed by atoms with Crippen LogP contribution in [0.3, 0.4) is 0 Å². The van der Waals surface area contributed by atoms with Crippen LogP contribution in [-0.2, 0) is 34.0 Å². The lowest BCUT2D eigenvalue weighted by atomic mass is 9.46. The van der Waals surface area contributed by atoms with Crippen molar-refractivity contribution in [1.29, 1.82) is 0 Å². The highest BCUT2D eigenvalue weighted by atomic mass is 32.2. The largest absolute Gasteiger partial charge is 0.458 e. The zero-order chi connectivity index (χ0) is 33.4. The predicted molar refractivity (Wildman–Crippen MR) is 165 cm³/mol. The van der Waals surface area contributed by atoms with Crippen LogP contribution in [0.4, 0.5) is 0 Å². The Labute approximate surface area is 266 Å². The maximum Gasteiger partial charge on any atom is 0.306 e. The molecule has 45 heavy (non-hydrogen) atoms. The summed E-state index contributed by atoms with van der Waals surface area (Å²) >= 11 is 0. The van der Waals surface area contributed by atoms with E-state index in [1.165, 1.54) is 11.9 Å². The first-order chi connectivity index (χ1) is 20.9. The summed E-state index contributed by atoms with van der Waals surface area (Å²) in [5.41, 5.74) is -0.804. The molecule has 0 spiro atoms. The summed E-state index contributed by atoms with van der Waals surface area (Å²) in [6.07, 6.45) is 7.72. The maximum atomic E-state index is 13.5. The molecule has 4 rings (SSSR count). The van der Waals surface area contributed by atoms with E-state index >= 15 is 0 Å². The number of carbonyl (C=O) groups is 4. The molecule has 0 heterocycles. The van der Waals surface area contributed by atoms with Gasteiger partial charge in [0, 0.05) is 49.6 Å². The molecule has 0 aromatic rings. The van der Waals surface area contributed by atoms with Crippen LogP contribution < -0.4 is 0 Å². The number of fused-ring (bicyclic) bond motifs is 5. The minimum Gasteiger partial charge on any atom is -0.458 e. The second-order valence-corrected chi connectivity index (χ2v) is 15.8. The number of amides is 1. The van der Waals surface area contributed by atoms with E-state index in [2.05, 4.69) is 13.8 Å². The summed E-state index contributed by atoms with van der Waals surface area (Å²) in [5, 5.41) is 23.4. The lowest BCUT2D eigenvalue weighted by Gasteiger charge is -2.59. The van der Waals surface area contributed by atoms with Gasteiger partial charge in [-0.1, -0.05) is 43.9 Å². The van der Waals surface area contributed by atoms with Crippen molar-refractivity contribution < 1.29 is 47.1 Å².